The molecule has 4 heteroatoms. The lowest BCUT2D eigenvalue weighted by atomic mass is 9.93. The minimum absolute atomic E-state index is 0.382. The Hall–Kier alpha value is -2.20. The van der Waals surface area contributed by atoms with Gasteiger partial charge in [0.15, 0.2) is 0 Å². The summed E-state index contributed by atoms with van der Waals surface area (Å²) in [7, 11) is 0. The predicted octanol–water partition coefficient (Wildman–Crippen LogP) is 6.25. The molecule has 0 amide bonds. The smallest absolute Gasteiger partial charge is 0.133 e. The molecule has 0 aliphatic heterocycles. The van der Waals surface area contributed by atoms with Crippen molar-refractivity contribution in [2.45, 2.75) is 26.9 Å². The van der Waals surface area contributed by atoms with Gasteiger partial charge in [-0.2, -0.15) is 0 Å². The number of hydrogen-bond acceptors (Lipinski definition) is 2. The third kappa shape index (κ3) is 3.82. The zero-order valence-corrected chi connectivity index (χ0v) is 14.4. The molecule has 0 saturated heterocycles. The Morgan fingerprint density at radius 2 is 2.00 bits per heavy atom. The standard InChI is InChI=1S/C20H18F2OS/c1-13(2)14-8-15(19-6-5-16(21)11-20(19)22)10-17(9-14)23-12-18-4-3-7-24-18/h3-8,10-11H,9,12H2,1-2H3. The Bertz CT molecular complexity index is 825. The molecule has 0 bridgehead atoms. The fourth-order valence-corrected chi connectivity index (χ4v) is 3.16. The molecular weight excluding hydrogens is 326 g/mol. The molecule has 1 heterocycles. The summed E-state index contributed by atoms with van der Waals surface area (Å²) in [6, 6.07) is 7.66. The quantitative estimate of drug-likeness (QED) is 0.637. The first kappa shape index (κ1) is 16.7. The Labute approximate surface area is 144 Å². The molecule has 0 spiro atoms. The van der Waals surface area contributed by atoms with Crippen LogP contribution in [0, 0.1) is 11.6 Å². The second-order valence-electron chi connectivity index (χ2n) is 5.90. The molecular formula is C20H18F2OS. The third-order valence-corrected chi connectivity index (χ3v) is 4.73. The van der Waals surface area contributed by atoms with Gasteiger partial charge in [0.05, 0.1) is 0 Å². The highest BCUT2D eigenvalue weighted by Gasteiger charge is 2.16. The monoisotopic (exact) mass is 344 g/mol. The van der Waals surface area contributed by atoms with E-state index in [0.717, 1.165) is 27.8 Å². The van der Waals surface area contributed by atoms with Crippen LogP contribution in [0.3, 0.4) is 0 Å². The molecule has 1 aromatic carbocycles. The van der Waals surface area contributed by atoms with Gasteiger partial charge in [-0.25, -0.2) is 8.78 Å². The number of hydrogen-bond donors (Lipinski definition) is 0. The summed E-state index contributed by atoms with van der Waals surface area (Å²) in [6.07, 6.45) is 4.47. The molecule has 124 valence electrons. The molecule has 1 nitrogen and oxygen atoms in total. The number of allylic oxidation sites excluding steroid dienone is 5. The molecule has 1 aliphatic rings. The van der Waals surface area contributed by atoms with Crippen LogP contribution < -0.4 is 0 Å². The van der Waals surface area contributed by atoms with Gasteiger partial charge < -0.3 is 4.74 Å². The topological polar surface area (TPSA) is 9.23 Å². The van der Waals surface area contributed by atoms with Crippen LogP contribution in [-0.4, -0.2) is 0 Å². The second kappa shape index (κ2) is 7.14. The number of ether oxygens (including phenoxy) is 1. The lowest BCUT2D eigenvalue weighted by Gasteiger charge is -2.19. The Kier molecular flexibility index (Phi) is 4.95. The molecule has 24 heavy (non-hydrogen) atoms. The van der Waals surface area contributed by atoms with E-state index in [9.17, 15) is 8.78 Å². The van der Waals surface area contributed by atoms with Crippen LogP contribution in [0.2, 0.25) is 0 Å². The van der Waals surface area contributed by atoms with Gasteiger partial charge in [0.25, 0.3) is 0 Å². The maximum absolute atomic E-state index is 14.1. The summed E-state index contributed by atoms with van der Waals surface area (Å²) in [5.41, 5.74) is 3.33. The Morgan fingerprint density at radius 1 is 1.17 bits per heavy atom. The van der Waals surface area contributed by atoms with Gasteiger partial charge in [-0.3, -0.25) is 0 Å². The van der Waals surface area contributed by atoms with Gasteiger partial charge in [-0.05, 0) is 54.6 Å². The lowest BCUT2D eigenvalue weighted by Crippen LogP contribution is -2.02. The first-order valence-electron chi connectivity index (χ1n) is 7.72. The zero-order valence-electron chi connectivity index (χ0n) is 13.6. The summed E-state index contributed by atoms with van der Waals surface area (Å²) < 4.78 is 33.2. The molecule has 0 radical (unpaired) electrons. The van der Waals surface area contributed by atoms with Crippen molar-refractivity contribution in [1.82, 2.24) is 0 Å². The Morgan fingerprint density at radius 3 is 2.67 bits per heavy atom. The van der Waals surface area contributed by atoms with Gasteiger partial charge in [0.1, 0.15) is 24.0 Å². The average molecular weight is 344 g/mol. The van der Waals surface area contributed by atoms with E-state index in [1.54, 1.807) is 11.3 Å². The van der Waals surface area contributed by atoms with Crippen molar-refractivity contribution in [2.75, 3.05) is 0 Å². The number of halogens is 2. The van der Waals surface area contributed by atoms with Gasteiger partial charge in [0, 0.05) is 22.9 Å². The van der Waals surface area contributed by atoms with E-state index >= 15 is 0 Å². The van der Waals surface area contributed by atoms with Gasteiger partial charge in [-0.15, -0.1) is 11.3 Å². The van der Waals surface area contributed by atoms with Crippen molar-refractivity contribution < 1.29 is 13.5 Å². The summed E-state index contributed by atoms with van der Waals surface area (Å²) >= 11 is 1.64. The molecule has 3 rings (SSSR count). The molecule has 0 saturated carbocycles. The van der Waals surface area contributed by atoms with Crippen LogP contribution in [0.4, 0.5) is 8.78 Å². The van der Waals surface area contributed by atoms with Crippen molar-refractivity contribution in [1.29, 1.82) is 0 Å². The number of benzene rings is 1. The van der Waals surface area contributed by atoms with E-state index in [1.807, 2.05) is 43.5 Å². The number of rotatable bonds is 4. The van der Waals surface area contributed by atoms with E-state index in [0.29, 0.717) is 24.2 Å². The molecule has 0 fully saturated rings. The van der Waals surface area contributed by atoms with E-state index in [1.165, 1.54) is 12.1 Å². The van der Waals surface area contributed by atoms with Crippen molar-refractivity contribution in [3.8, 4) is 0 Å². The maximum Gasteiger partial charge on any atom is 0.133 e. The molecule has 0 atom stereocenters. The van der Waals surface area contributed by atoms with Crippen LogP contribution >= 0.6 is 11.3 Å². The van der Waals surface area contributed by atoms with Gasteiger partial charge in [0.2, 0.25) is 0 Å². The van der Waals surface area contributed by atoms with E-state index in [-0.39, 0.29) is 0 Å². The third-order valence-electron chi connectivity index (χ3n) is 3.88. The summed E-state index contributed by atoms with van der Waals surface area (Å²) in [5.74, 6) is -0.348. The highest BCUT2D eigenvalue weighted by molar-refractivity contribution is 7.09. The fraction of sp³-hybridized carbons (Fsp3) is 0.200. The second-order valence-corrected chi connectivity index (χ2v) is 6.94. The molecule has 1 aromatic heterocycles. The zero-order chi connectivity index (χ0) is 17.1. The van der Waals surface area contributed by atoms with E-state index in [4.69, 9.17) is 4.74 Å². The van der Waals surface area contributed by atoms with E-state index < -0.39 is 11.6 Å². The van der Waals surface area contributed by atoms with Crippen molar-refractivity contribution in [2.24, 2.45) is 0 Å². The summed E-state index contributed by atoms with van der Waals surface area (Å²) in [5, 5.41) is 2.01. The largest absolute Gasteiger partial charge is 0.492 e. The maximum atomic E-state index is 14.1. The van der Waals surface area contributed by atoms with Crippen LogP contribution in [0.15, 0.2) is 64.8 Å². The average Bonchev–Trinajstić information content (AvgIpc) is 3.06. The van der Waals surface area contributed by atoms with Crippen LogP contribution in [0.5, 0.6) is 0 Å². The minimum atomic E-state index is -0.576. The molecule has 1 aliphatic carbocycles. The minimum Gasteiger partial charge on any atom is -0.492 e. The molecule has 2 aromatic rings. The van der Waals surface area contributed by atoms with Gasteiger partial charge >= 0.3 is 0 Å². The van der Waals surface area contributed by atoms with E-state index in [2.05, 4.69) is 0 Å². The van der Waals surface area contributed by atoms with Crippen LogP contribution in [0.1, 0.15) is 30.7 Å². The van der Waals surface area contributed by atoms with Crippen molar-refractivity contribution in [3.05, 3.63) is 86.8 Å². The fourth-order valence-electron chi connectivity index (χ4n) is 2.54. The van der Waals surface area contributed by atoms with Crippen molar-refractivity contribution >= 4 is 16.9 Å². The number of thiophene rings is 1. The highest BCUT2D eigenvalue weighted by Crippen LogP contribution is 2.32. The predicted molar refractivity (Wildman–Crippen MR) is 94.5 cm³/mol. The highest BCUT2D eigenvalue weighted by atomic mass is 32.1. The first-order valence-corrected chi connectivity index (χ1v) is 8.60. The summed E-state index contributed by atoms with van der Waals surface area (Å²) in [6.45, 7) is 4.54. The SMILES string of the molecule is CC(C)=C1C=C(c2ccc(F)cc2F)C=C(OCc2cccs2)C1. The first-order chi connectivity index (χ1) is 11.5. The van der Waals surface area contributed by atoms with Gasteiger partial charge in [-0.1, -0.05) is 17.7 Å². The van der Waals surface area contributed by atoms with Crippen LogP contribution in [-0.2, 0) is 11.3 Å². The summed E-state index contributed by atoms with van der Waals surface area (Å²) in [4.78, 5) is 1.14. The normalized spacial score (nSPS) is 14.2. The lowest BCUT2D eigenvalue weighted by molar-refractivity contribution is 0.196. The Balaban J connectivity index is 1.91. The van der Waals surface area contributed by atoms with Crippen LogP contribution in [0.25, 0.3) is 5.57 Å². The molecule has 0 unspecified atom stereocenters. The van der Waals surface area contributed by atoms with Crippen molar-refractivity contribution in [3.63, 3.8) is 0 Å². The molecule has 0 N–H and O–H groups in total.